The van der Waals surface area contributed by atoms with Crippen molar-refractivity contribution < 1.29 is 14.3 Å². The number of rotatable bonds is 5. The molecule has 0 fully saturated rings. The largest absolute Gasteiger partial charge is 0.493 e. The monoisotopic (exact) mass is 238 g/mol. The zero-order valence-corrected chi connectivity index (χ0v) is 10.4. The number of hydrogen-bond acceptors (Lipinski definition) is 3. The maximum Gasteiger partial charge on any atom is 0.315 e. The van der Waals surface area contributed by atoms with Crippen molar-refractivity contribution in [3.05, 3.63) is 23.8 Å². The van der Waals surface area contributed by atoms with Crippen LogP contribution in [0, 0.1) is 0 Å². The number of benzene rings is 1. The molecule has 2 N–H and O–H groups in total. The molecule has 0 atom stereocenters. The predicted octanol–water partition coefficient (Wildman–Crippen LogP) is 1.52. The topological polar surface area (TPSA) is 59.6 Å². The summed E-state index contributed by atoms with van der Waals surface area (Å²) in [6.07, 6.45) is 0. The van der Waals surface area contributed by atoms with Gasteiger partial charge in [0.25, 0.3) is 0 Å². The van der Waals surface area contributed by atoms with Gasteiger partial charge in [-0.1, -0.05) is 6.07 Å². The molecule has 0 radical (unpaired) electrons. The van der Waals surface area contributed by atoms with E-state index in [0.29, 0.717) is 24.6 Å². The molecule has 1 rings (SSSR count). The summed E-state index contributed by atoms with van der Waals surface area (Å²) >= 11 is 0. The Morgan fingerprint density at radius 3 is 2.47 bits per heavy atom. The molecule has 94 valence electrons. The summed E-state index contributed by atoms with van der Waals surface area (Å²) in [6, 6.07) is 5.36. The molecule has 5 nitrogen and oxygen atoms in total. The Kier molecular flexibility index (Phi) is 5.13. The summed E-state index contributed by atoms with van der Waals surface area (Å²) in [4.78, 5) is 11.2. The second-order valence-corrected chi connectivity index (χ2v) is 3.40. The van der Waals surface area contributed by atoms with Crippen molar-refractivity contribution in [1.29, 1.82) is 0 Å². The molecule has 1 aromatic rings. The average molecular weight is 238 g/mol. The van der Waals surface area contributed by atoms with Crippen molar-refractivity contribution in [3.8, 4) is 11.5 Å². The van der Waals surface area contributed by atoms with E-state index < -0.39 is 0 Å². The number of hydrogen-bond donors (Lipinski definition) is 2. The van der Waals surface area contributed by atoms with E-state index in [0.717, 1.165) is 5.56 Å². The Morgan fingerprint density at radius 1 is 1.18 bits per heavy atom. The Labute approximate surface area is 101 Å². The molecule has 0 heterocycles. The van der Waals surface area contributed by atoms with Crippen LogP contribution in [0.2, 0.25) is 0 Å². The standard InChI is InChI=1S/C12H18N2O3/c1-4-13-12(15)14-8-9-5-6-10(16-2)11(7-9)17-3/h5-7H,4,8H2,1-3H3,(H2,13,14,15). The second kappa shape index (κ2) is 6.62. The first-order chi connectivity index (χ1) is 8.21. The van der Waals surface area contributed by atoms with Crippen molar-refractivity contribution in [3.63, 3.8) is 0 Å². The van der Waals surface area contributed by atoms with Crippen molar-refractivity contribution in [2.45, 2.75) is 13.5 Å². The first-order valence-electron chi connectivity index (χ1n) is 5.43. The smallest absolute Gasteiger partial charge is 0.315 e. The molecule has 0 aliphatic heterocycles. The van der Waals surface area contributed by atoms with Gasteiger partial charge in [0.15, 0.2) is 11.5 Å². The first-order valence-corrected chi connectivity index (χ1v) is 5.43. The lowest BCUT2D eigenvalue weighted by atomic mass is 10.2. The van der Waals surface area contributed by atoms with Gasteiger partial charge in [-0.2, -0.15) is 0 Å². The van der Waals surface area contributed by atoms with Crippen LogP contribution in [-0.2, 0) is 6.54 Å². The highest BCUT2D eigenvalue weighted by Crippen LogP contribution is 2.27. The average Bonchev–Trinajstić information content (AvgIpc) is 2.36. The van der Waals surface area contributed by atoms with Crippen molar-refractivity contribution in [2.75, 3.05) is 20.8 Å². The molecular formula is C12H18N2O3. The van der Waals surface area contributed by atoms with Crippen molar-refractivity contribution in [1.82, 2.24) is 10.6 Å². The fraction of sp³-hybridized carbons (Fsp3) is 0.417. The number of carbonyl (C=O) groups excluding carboxylic acids is 1. The van der Waals surface area contributed by atoms with Crippen molar-refractivity contribution in [2.24, 2.45) is 0 Å². The van der Waals surface area contributed by atoms with E-state index >= 15 is 0 Å². The molecule has 0 unspecified atom stereocenters. The van der Waals surface area contributed by atoms with Gasteiger partial charge in [0.05, 0.1) is 14.2 Å². The third kappa shape index (κ3) is 3.86. The summed E-state index contributed by atoms with van der Waals surface area (Å²) in [7, 11) is 3.17. The molecule has 0 aromatic heterocycles. The van der Waals surface area contributed by atoms with Gasteiger partial charge in [-0.05, 0) is 24.6 Å². The number of amides is 2. The summed E-state index contributed by atoms with van der Waals surface area (Å²) in [6.45, 7) is 2.93. The summed E-state index contributed by atoms with van der Waals surface area (Å²) < 4.78 is 10.3. The van der Waals surface area contributed by atoms with E-state index in [4.69, 9.17) is 9.47 Å². The number of urea groups is 1. The van der Waals surface area contributed by atoms with E-state index in [2.05, 4.69) is 10.6 Å². The Morgan fingerprint density at radius 2 is 1.88 bits per heavy atom. The van der Waals surface area contributed by atoms with Gasteiger partial charge in [0.1, 0.15) is 0 Å². The van der Waals surface area contributed by atoms with Crippen molar-refractivity contribution >= 4 is 6.03 Å². The lowest BCUT2D eigenvalue weighted by Crippen LogP contribution is -2.34. The molecule has 0 aliphatic rings. The van der Waals surface area contributed by atoms with Gasteiger partial charge >= 0.3 is 6.03 Å². The fourth-order valence-electron chi connectivity index (χ4n) is 1.40. The molecule has 5 heteroatoms. The maximum absolute atomic E-state index is 11.2. The minimum absolute atomic E-state index is 0.178. The number of nitrogens with one attached hydrogen (secondary N) is 2. The number of ether oxygens (including phenoxy) is 2. The van der Waals surface area contributed by atoms with Gasteiger partial charge < -0.3 is 20.1 Å². The van der Waals surface area contributed by atoms with Crippen LogP contribution in [0.5, 0.6) is 11.5 Å². The van der Waals surface area contributed by atoms with E-state index in [1.807, 2.05) is 25.1 Å². The number of carbonyl (C=O) groups is 1. The summed E-state index contributed by atoms with van der Waals surface area (Å²) in [5.74, 6) is 1.33. The third-order valence-corrected chi connectivity index (χ3v) is 2.24. The van der Waals surface area contributed by atoms with Gasteiger partial charge in [-0.3, -0.25) is 0 Å². The van der Waals surface area contributed by atoms with Gasteiger partial charge in [0, 0.05) is 13.1 Å². The Bertz CT molecular complexity index is 380. The van der Waals surface area contributed by atoms with Crippen LogP contribution in [0.1, 0.15) is 12.5 Å². The molecule has 2 amide bonds. The fourth-order valence-corrected chi connectivity index (χ4v) is 1.40. The number of methoxy groups -OCH3 is 2. The van der Waals surface area contributed by atoms with Gasteiger partial charge in [-0.15, -0.1) is 0 Å². The molecule has 0 spiro atoms. The molecule has 0 aliphatic carbocycles. The second-order valence-electron chi connectivity index (χ2n) is 3.40. The van der Waals surface area contributed by atoms with E-state index in [-0.39, 0.29) is 6.03 Å². The first kappa shape index (κ1) is 13.2. The molecule has 1 aromatic carbocycles. The van der Waals surface area contributed by atoms with Crippen LogP contribution in [0.25, 0.3) is 0 Å². The maximum atomic E-state index is 11.2. The highest BCUT2D eigenvalue weighted by atomic mass is 16.5. The minimum Gasteiger partial charge on any atom is -0.493 e. The van der Waals surface area contributed by atoms with Gasteiger partial charge in [0.2, 0.25) is 0 Å². The third-order valence-electron chi connectivity index (χ3n) is 2.24. The molecular weight excluding hydrogens is 220 g/mol. The van der Waals surface area contributed by atoms with E-state index in [1.165, 1.54) is 0 Å². The quantitative estimate of drug-likeness (QED) is 0.817. The van der Waals surface area contributed by atoms with Crippen LogP contribution in [0.4, 0.5) is 4.79 Å². The highest BCUT2D eigenvalue weighted by molar-refractivity contribution is 5.73. The van der Waals surface area contributed by atoms with E-state index in [1.54, 1.807) is 14.2 Å². The predicted molar refractivity (Wildman–Crippen MR) is 65.5 cm³/mol. The normalized spacial score (nSPS) is 9.59. The van der Waals surface area contributed by atoms with Crippen LogP contribution < -0.4 is 20.1 Å². The molecule has 0 saturated carbocycles. The summed E-state index contributed by atoms with van der Waals surface area (Å²) in [5.41, 5.74) is 0.953. The summed E-state index contributed by atoms with van der Waals surface area (Å²) in [5, 5.41) is 5.40. The molecule has 0 saturated heterocycles. The lowest BCUT2D eigenvalue weighted by Gasteiger charge is -2.10. The highest BCUT2D eigenvalue weighted by Gasteiger charge is 2.05. The van der Waals surface area contributed by atoms with Crippen LogP contribution in [0.3, 0.4) is 0 Å². The minimum atomic E-state index is -0.178. The zero-order valence-electron chi connectivity index (χ0n) is 10.4. The van der Waals surface area contributed by atoms with E-state index in [9.17, 15) is 4.79 Å². The Balaban J connectivity index is 2.63. The van der Waals surface area contributed by atoms with Crippen LogP contribution >= 0.6 is 0 Å². The Hall–Kier alpha value is -1.91. The van der Waals surface area contributed by atoms with Crippen LogP contribution in [0.15, 0.2) is 18.2 Å². The molecule has 17 heavy (non-hydrogen) atoms. The van der Waals surface area contributed by atoms with Gasteiger partial charge in [-0.25, -0.2) is 4.79 Å². The SMILES string of the molecule is CCNC(=O)NCc1ccc(OC)c(OC)c1. The lowest BCUT2D eigenvalue weighted by molar-refractivity contribution is 0.241. The van der Waals surface area contributed by atoms with Crippen LogP contribution in [-0.4, -0.2) is 26.8 Å². The molecule has 0 bridgehead atoms. The zero-order chi connectivity index (χ0) is 12.7.